The Morgan fingerprint density at radius 3 is 2.72 bits per heavy atom. The van der Waals surface area contributed by atoms with Gasteiger partial charge in [0, 0.05) is 12.1 Å². The number of amides is 1. The van der Waals surface area contributed by atoms with Gasteiger partial charge in [-0.3, -0.25) is 4.79 Å². The zero-order valence-corrected chi connectivity index (χ0v) is 16.1. The summed E-state index contributed by atoms with van der Waals surface area (Å²) in [6.07, 6.45) is 1.52. The molecule has 0 unspecified atom stereocenters. The highest BCUT2D eigenvalue weighted by Crippen LogP contribution is 2.13. The van der Waals surface area contributed by atoms with E-state index in [2.05, 4.69) is 35.7 Å². The number of aromatic nitrogens is 5. The third-order valence-electron chi connectivity index (χ3n) is 4.29. The Morgan fingerprint density at radius 1 is 1.14 bits per heavy atom. The van der Waals surface area contributed by atoms with Crippen LogP contribution in [-0.2, 0) is 13.1 Å². The zero-order valence-electron chi connectivity index (χ0n) is 16.1. The largest absolute Gasteiger partial charge is 0.363 e. The molecule has 0 bridgehead atoms. The molecule has 0 aliphatic heterocycles. The topological polar surface area (TPSA) is 122 Å². The molecular weight excluding hydrogens is 370 g/mol. The third kappa shape index (κ3) is 4.40. The van der Waals surface area contributed by atoms with Crippen molar-refractivity contribution in [1.82, 2.24) is 30.4 Å². The number of fused-ring (bicyclic) bond motifs is 1. The van der Waals surface area contributed by atoms with Crippen molar-refractivity contribution >= 4 is 22.8 Å². The van der Waals surface area contributed by atoms with Gasteiger partial charge in [-0.25, -0.2) is 9.97 Å². The Kier molecular flexibility index (Phi) is 5.19. The van der Waals surface area contributed by atoms with Crippen molar-refractivity contribution < 1.29 is 9.32 Å². The van der Waals surface area contributed by atoms with E-state index >= 15 is 0 Å². The van der Waals surface area contributed by atoms with E-state index in [0.717, 1.165) is 16.9 Å². The summed E-state index contributed by atoms with van der Waals surface area (Å²) in [6, 6.07) is 11.3. The predicted molar refractivity (Wildman–Crippen MR) is 107 cm³/mol. The maximum absolute atomic E-state index is 12.3. The van der Waals surface area contributed by atoms with Gasteiger partial charge < -0.3 is 20.1 Å². The number of carbonyl (C=O) groups is 1. The van der Waals surface area contributed by atoms with Crippen molar-refractivity contribution in [2.75, 3.05) is 5.32 Å². The minimum Gasteiger partial charge on any atom is -0.363 e. The van der Waals surface area contributed by atoms with Crippen molar-refractivity contribution in [3.05, 3.63) is 65.7 Å². The Bertz CT molecular complexity index is 1080. The maximum Gasteiger partial charge on any atom is 0.253 e. The molecule has 29 heavy (non-hydrogen) atoms. The van der Waals surface area contributed by atoms with E-state index in [-0.39, 0.29) is 18.4 Å². The molecule has 4 rings (SSSR count). The number of nitrogens with one attached hydrogen (secondary N) is 3. The van der Waals surface area contributed by atoms with Crippen LogP contribution in [0.2, 0.25) is 0 Å². The fourth-order valence-electron chi connectivity index (χ4n) is 2.73. The molecule has 0 atom stereocenters. The van der Waals surface area contributed by atoms with Crippen molar-refractivity contribution in [1.29, 1.82) is 0 Å². The second-order valence-electron chi connectivity index (χ2n) is 6.87. The normalized spacial score (nSPS) is 11.1. The van der Waals surface area contributed by atoms with Gasteiger partial charge in [0.05, 0.1) is 29.7 Å². The second-order valence-corrected chi connectivity index (χ2v) is 6.87. The molecular formula is C20H21N7O2. The van der Waals surface area contributed by atoms with Gasteiger partial charge in [0.2, 0.25) is 5.89 Å². The summed E-state index contributed by atoms with van der Waals surface area (Å²) in [5, 5.41) is 9.80. The van der Waals surface area contributed by atoms with E-state index in [9.17, 15) is 4.79 Å². The molecule has 9 heteroatoms. The Morgan fingerprint density at radius 2 is 2.00 bits per heavy atom. The smallest absolute Gasteiger partial charge is 0.253 e. The summed E-state index contributed by atoms with van der Waals surface area (Å²) in [7, 11) is 0. The molecule has 0 aliphatic carbocycles. The fourth-order valence-corrected chi connectivity index (χ4v) is 2.73. The molecule has 1 aromatic carbocycles. The van der Waals surface area contributed by atoms with Gasteiger partial charge in [-0.2, -0.15) is 4.98 Å². The molecule has 0 spiro atoms. The van der Waals surface area contributed by atoms with Crippen LogP contribution in [0.1, 0.15) is 47.7 Å². The summed E-state index contributed by atoms with van der Waals surface area (Å²) >= 11 is 0. The van der Waals surface area contributed by atoms with E-state index in [1.165, 1.54) is 6.20 Å². The molecule has 0 radical (unpaired) electrons. The zero-order chi connectivity index (χ0) is 20.2. The highest BCUT2D eigenvalue weighted by molar-refractivity contribution is 5.93. The number of aromatic amines is 1. The van der Waals surface area contributed by atoms with Gasteiger partial charge in [-0.05, 0) is 24.3 Å². The lowest BCUT2D eigenvalue weighted by Crippen LogP contribution is -2.23. The summed E-state index contributed by atoms with van der Waals surface area (Å²) in [6.45, 7) is 4.63. The first-order valence-electron chi connectivity index (χ1n) is 9.32. The van der Waals surface area contributed by atoms with E-state index < -0.39 is 0 Å². The minimum atomic E-state index is -0.253. The monoisotopic (exact) mass is 391 g/mol. The Balaban J connectivity index is 1.31. The maximum atomic E-state index is 12.3. The van der Waals surface area contributed by atoms with Gasteiger partial charge in [0.1, 0.15) is 11.6 Å². The van der Waals surface area contributed by atoms with Crippen LogP contribution in [0.25, 0.3) is 11.0 Å². The predicted octanol–water partition coefficient (Wildman–Crippen LogP) is 3.01. The van der Waals surface area contributed by atoms with Crippen LogP contribution >= 0.6 is 0 Å². The first-order chi connectivity index (χ1) is 14.1. The number of carbonyl (C=O) groups excluding carboxylic acids is 1. The number of anilines is 1. The lowest BCUT2D eigenvalue weighted by Gasteiger charge is -2.05. The van der Waals surface area contributed by atoms with Gasteiger partial charge in [0.15, 0.2) is 5.82 Å². The molecule has 148 valence electrons. The summed E-state index contributed by atoms with van der Waals surface area (Å²) in [5.74, 6) is 2.36. The number of hydrogen-bond acceptors (Lipinski definition) is 7. The van der Waals surface area contributed by atoms with Crippen LogP contribution in [0, 0.1) is 0 Å². The minimum absolute atomic E-state index is 0.149. The molecule has 0 fully saturated rings. The average molecular weight is 391 g/mol. The van der Waals surface area contributed by atoms with Crippen LogP contribution in [0.5, 0.6) is 0 Å². The molecule has 1 amide bonds. The molecule has 0 saturated heterocycles. The SMILES string of the molecule is CC(C)c1nc(CNC(=O)c2ccc(NCc3nc4ccccc4[nH]3)nc2)no1. The number of rotatable bonds is 7. The van der Waals surface area contributed by atoms with E-state index in [4.69, 9.17) is 4.52 Å². The third-order valence-corrected chi connectivity index (χ3v) is 4.29. The van der Waals surface area contributed by atoms with Crippen LogP contribution in [0.4, 0.5) is 5.82 Å². The summed E-state index contributed by atoms with van der Waals surface area (Å²) in [4.78, 5) is 28.6. The summed E-state index contributed by atoms with van der Waals surface area (Å²) in [5.41, 5.74) is 2.37. The number of para-hydroxylation sites is 2. The van der Waals surface area contributed by atoms with Crippen LogP contribution < -0.4 is 10.6 Å². The number of nitrogens with zero attached hydrogens (tertiary/aromatic N) is 4. The molecule has 3 heterocycles. The van der Waals surface area contributed by atoms with Crippen molar-refractivity contribution in [3.63, 3.8) is 0 Å². The lowest BCUT2D eigenvalue weighted by molar-refractivity contribution is 0.0949. The van der Waals surface area contributed by atoms with Gasteiger partial charge in [-0.15, -0.1) is 0 Å². The van der Waals surface area contributed by atoms with E-state index in [1.54, 1.807) is 12.1 Å². The number of benzene rings is 1. The van der Waals surface area contributed by atoms with Gasteiger partial charge >= 0.3 is 0 Å². The Hall–Kier alpha value is -3.75. The van der Waals surface area contributed by atoms with Crippen molar-refractivity contribution in [2.24, 2.45) is 0 Å². The standard InChI is InChI=1S/C20H21N7O2/c1-12(2)20-26-18(27-29-20)11-23-19(28)13-7-8-16(21-9-13)22-10-17-24-14-5-3-4-6-15(14)25-17/h3-9,12H,10-11H2,1-2H3,(H,21,22)(H,23,28)(H,24,25). The number of hydrogen-bond donors (Lipinski definition) is 3. The molecule has 3 N–H and O–H groups in total. The van der Waals surface area contributed by atoms with Gasteiger partial charge in [-0.1, -0.05) is 31.1 Å². The number of pyridine rings is 1. The molecule has 3 aromatic heterocycles. The molecule has 0 saturated carbocycles. The van der Waals surface area contributed by atoms with Crippen LogP contribution in [-0.4, -0.2) is 31.0 Å². The van der Waals surface area contributed by atoms with Crippen molar-refractivity contribution in [3.8, 4) is 0 Å². The number of imidazole rings is 1. The van der Waals surface area contributed by atoms with Crippen LogP contribution in [0.15, 0.2) is 47.1 Å². The highest BCUT2D eigenvalue weighted by atomic mass is 16.5. The van der Waals surface area contributed by atoms with E-state index in [1.807, 2.05) is 38.1 Å². The molecule has 4 aromatic rings. The lowest BCUT2D eigenvalue weighted by atomic mass is 10.2. The average Bonchev–Trinajstić information content (AvgIpc) is 3.37. The summed E-state index contributed by atoms with van der Waals surface area (Å²) < 4.78 is 5.12. The quantitative estimate of drug-likeness (QED) is 0.443. The van der Waals surface area contributed by atoms with E-state index in [0.29, 0.717) is 29.6 Å². The molecule has 9 nitrogen and oxygen atoms in total. The highest BCUT2D eigenvalue weighted by Gasteiger charge is 2.12. The second kappa shape index (κ2) is 8.09. The molecule has 0 aliphatic rings. The van der Waals surface area contributed by atoms with Crippen LogP contribution in [0.3, 0.4) is 0 Å². The number of H-pyrrole nitrogens is 1. The van der Waals surface area contributed by atoms with Gasteiger partial charge in [0.25, 0.3) is 5.91 Å². The fraction of sp³-hybridized carbons (Fsp3) is 0.250. The first kappa shape index (κ1) is 18.6. The Labute approximate surface area is 167 Å². The van der Waals surface area contributed by atoms with Crippen molar-refractivity contribution in [2.45, 2.75) is 32.9 Å². The first-order valence-corrected chi connectivity index (χ1v) is 9.32.